The van der Waals surface area contributed by atoms with Crippen molar-refractivity contribution in [3.05, 3.63) is 33.8 Å². The third-order valence-electron chi connectivity index (χ3n) is 3.52. The molecule has 1 aliphatic rings. The van der Waals surface area contributed by atoms with Crippen molar-refractivity contribution in [1.82, 2.24) is 4.90 Å². The Morgan fingerprint density at radius 1 is 1.43 bits per heavy atom. The van der Waals surface area contributed by atoms with Gasteiger partial charge in [-0.15, -0.1) is 0 Å². The number of halogens is 2. The predicted molar refractivity (Wildman–Crippen MR) is 91.2 cm³/mol. The first-order valence-corrected chi connectivity index (χ1v) is 8.25. The maximum atomic E-state index is 12.0. The molecule has 1 aromatic rings. The Labute approximate surface area is 146 Å². The van der Waals surface area contributed by atoms with Crippen LogP contribution in [0.1, 0.15) is 25.3 Å². The first kappa shape index (κ1) is 18.0. The number of benzene rings is 1. The van der Waals surface area contributed by atoms with E-state index in [1.165, 1.54) is 7.11 Å². The highest BCUT2D eigenvalue weighted by atomic mass is 35.5. The molecule has 7 heteroatoms. The average molecular weight is 359 g/mol. The van der Waals surface area contributed by atoms with E-state index in [4.69, 9.17) is 32.8 Å². The van der Waals surface area contributed by atoms with Crippen LogP contribution in [-0.2, 0) is 14.4 Å². The van der Waals surface area contributed by atoms with Crippen LogP contribution in [0, 0.1) is 0 Å². The number of nitrogens with zero attached hydrogens (tertiary/aromatic N) is 2. The van der Waals surface area contributed by atoms with Gasteiger partial charge in [-0.05, 0) is 18.6 Å². The fourth-order valence-corrected chi connectivity index (χ4v) is 2.72. The Balaban J connectivity index is 1.97. The van der Waals surface area contributed by atoms with Crippen LogP contribution in [0.2, 0.25) is 10.0 Å². The van der Waals surface area contributed by atoms with Crippen LogP contribution in [0.15, 0.2) is 23.4 Å². The number of amides is 1. The van der Waals surface area contributed by atoms with E-state index in [2.05, 4.69) is 5.16 Å². The smallest absolute Gasteiger partial charge is 0.248 e. The molecule has 23 heavy (non-hydrogen) atoms. The highest BCUT2D eigenvalue weighted by Crippen LogP contribution is 2.25. The first-order valence-electron chi connectivity index (χ1n) is 7.50. The standard InChI is InChI=1S/C16H20Cl2N2O3/c1-3-6-20(16(21)10-22-2)9-12-8-15(19-23-12)11-4-5-13(17)14(18)7-11/h4-5,7,12H,3,6,8-10H2,1-2H3/t12-/m1/s1. The largest absolute Gasteiger partial charge is 0.390 e. The first-order chi connectivity index (χ1) is 11.0. The number of hydrogen-bond donors (Lipinski definition) is 0. The molecule has 1 atom stereocenters. The van der Waals surface area contributed by atoms with E-state index >= 15 is 0 Å². The topological polar surface area (TPSA) is 51.1 Å². The number of hydrogen-bond acceptors (Lipinski definition) is 4. The third kappa shape index (κ3) is 4.83. The second-order valence-corrected chi connectivity index (χ2v) is 6.19. The van der Waals surface area contributed by atoms with Crippen molar-refractivity contribution in [3.8, 4) is 0 Å². The van der Waals surface area contributed by atoms with E-state index < -0.39 is 0 Å². The lowest BCUT2D eigenvalue weighted by Crippen LogP contribution is -2.40. The van der Waals surface area contributed by atoms with E-state index in [9.17, 15) is 4.79 Å². The van der Waals surface area contributed by atoms with Crippen LogP contribution < -0.4 is 0 Å². The minimum Gasteiger partial charge on any atom is -0.390 e. The summed E-state index contributed by atoms with van der Waals surface area (Å²) in [6, 6.07) is 5.37. The quantitative estimate of drug-likeness (QED) is 0.750. The SMILES string of the molecule is CCCN(C[C@H]1CC(c2ccc(Cl)c(Cl)c2)=NO1)C(=O)COC. The number of methoxy groups -OCH3 is 1. The predicted octanol–water partition coefficient (Wildman–Crippen LogP) is 3.37. The van der Waals surface area contributed by atoms with E-state index in [0.29, 0.717) is 29.6 Å². The second-order valence-electron chi connectivity index (χ2n) is 5.37. The third-order valence-corrected chi connectivity index (χ3v) is 4.26. The van der Waals surface area contributed by atoms with Crippen LogP contribution in [0.3, 0.4) is 0 Å². The molecular weight excluding hydrogens is 339 g/mol. The van der Waals surface area contributed by atoms with Crippen LogP contribution in [0.5, 0.6) is 0 Å². The highest BCUT2D eigenvalue weighted by Gasteiger charge is 2.26. The van der Waals surface area contributed by atoms with Gasteiger partial charge in [0, 0.05) is 25.6 Å². The van der Waals surface area contributed by atoms with Crippen LogP contribution >= 0.6 is 23.2 Å². The van der Waals surface area contributed by atoms with Gasteiger partial charge >= 0.3 is 0 Å². The normalized spacial score (nSPS) is 16.9. The van der Waals surface area contributed by atoms with E-state index in [0.717, 1.165) is 17.7 Å². The average Bonchev–Trinajstić information content (AvgIpc) is 2.98. The summed E-state index contributed by atoms with van der Waals surface area (Å²) in [5.41, 5.74) is 1.69. The molecule has 5 nitrogen and oxygen atoms in total. The summed E-state index contributed by atoms with van der Waals surface area (Å²) in [6.45, 7) is 3.27. The van der Waals surface area contributed by atoms with Crippen molar-refractivity contribution in [3.63, 3.8) is 0 Å². The summed E-state index contributed by atoms with van der Waals surface area (Å²) >= 11 is 12.0. The molecule has 2 rings (SSSR count). The molecule has 0 aliphatic carbocycles. The molecule has 0 saturated heterocycles. The monoisotopic (exact) mass is 358 g/mol. The number of carbonyl (C=O) groups excluding carboxylic acids is 1. The minimum absolute atomic E-state index is 0.0408. The maximum absolute atomic E-state index is 12.0. The lowest BCUT2D eigenvalue weighted by Gasteiger charge is -2.24. The summed E-state index contributed by atoms with van der Waals surface area (Å²) in [5, 5.41) is 5.11. The van der Waals surface area contributed by atoms with Crippen molar-refractivity contribution < 1.29 is 14.4 Å². The van der Waals surface area contributed by atoms with Gasteiger partial charge in [0.05, 0.1) is 22.3 Å². The van der Waals surface area contributed by atoms with Crippen molar-refractivity contribution in [2.24, 2.45) is 5.16 Å². The van der Waals surface area contributed by atoms with Gasteiger partial charge in [0.15, 0.2) is 6.10 Å². The molecule has 0 unspecified atom stereocenters. The minimum atomic E-state index is -0.160. The molecule has 0 N–H and O–H groups in total. The Bertz CT molecular complexity index is 593. The molecule has 1 heterocycles. The van der Waals surface area contributed by atoms with Crippen LogP contribution in [-0.4, -0.2) is 49.4 Å². The zero-order chi connectivity index (χ0) is 16.8. The van der Waals surface area contributed by atoms with Gasteiger partial charge in [-0.2, -0.15) is 0 Å². The molecule has 0 saturated carbocycles. The Morgan fingerprint density at radius 3 is 2.87 bits per heavy atom. The Kier molecular flexibility index (Phi) is 6.69. The molecule has 126 valence electrons. The molecule has 0 spiro atoms. The fraction of sp³-hybridized carbons (Fsp3) is 0.500. The number of oxime groups is 1. The van der Waals surface area contributed by atoms with Gasteiger partial charge in [-0.25, -0.2) is 0 Å². The Hall–Kier alpha value is -1.30. The summed E-state index contributed by atoms with van der Waals surface area (Å²) in [5.74, 6) is -0.0408. The van der Waals surface area contributed by atoms with Gasteiger partial charge in [0.1, 0.15) is 6.61 Å². The number of carbonyl (C=O) groups is 1. The Morgan fingerprint density at radius 2 is 2.22 bits per heavy atom. The van der Waals surface area contributed by atoms with Gasteiger partial charge in [-0.1, -0.05) is 41.3 Å². The molecular formula is C16H20Cl2N2O3. The summed E-state index contributed by atoms with van der Waals surface area (Å²) in [6.07, 6.45) is 1.34. The van der Waals surface area contributed by atoms with E-state index in [-0.39, 0.29) is 18.6 Å². The zero-order valence-electron chi connectivity index (χ0n) is 13.2. The molecule has 0 fully saturated rings. The summed E-state index contributed by atoms with van der Waals surface area (Å²) in [4.78, 5) is 19.3. The van der Waals surface area contributed by atoms with Gasteiger partial charge < -0.3 is 14.5 Å². The molecule has 1 amide bonds. The highest BCUT2D eigenvalue weighted by molar-refractivity contribution is 6.42. The number of ether oxygens (including phenoxy) is 1. The molecule has 0 aromatic heterocycles. The summed E-state index contributed by atoms with van der Waals surface area (Å²) in [7, 11) is 1.51. The van der Waals surface area contributed by atoms with Crippen molar-refractivity contribution in [2.75, 3.05) is 26.8 Å². The van der Waals surface area contributed by atoms with Crippen molar-refractivity contribution in [1.29, 1.82) is 0 Å². The molecule has 0 radical (unpaired) electrons. The molecule has 1 aromatic carbocycles. The second kappa shape index (κ2) is 8.52. The van der Waals surface area contributed by atoms with Crippen molar-refractivity contribution in [2.45, 2.75) is 25.9 Å². The van der Waals surface area contributed by atoms with Gasteiger partial charge in [-0.3, -0.25) is 4.79 Å². The lowest BCUT2D eigenvalue weighted by molar-refractivity contribution is -0.136. The van der Waals surface area contributed by atoms with Crippen LogP contribution in [0.4, 0.5) is 0 Å². The van der Waals surface area contributed by atoms with Gasteiger partial charge in [0.25, 0.3) is 0 Å². The van der Waals surface area contributed by atoms with E-state index in [1.54, 1.807) is 17.0 Å². The molecule has 1 aliphatic heterocycles. The van der Waals surface area contributed by atoms with Crippen LogP contribution in [0.25, 0.3) is 0 Å². The van der Waals surface area contributed by atoms with Gasteiger partial charge in [0.2, 0.25) is 5.91 Å². The fourth-order valence-electron chi connectivity index (χ4n) is 2.42. The lowest BCUT2D eigenvalue weighted by atomic mass is 10.0. The van der Waals surface area contributed by atoms with Crippen molar-refractivity contribution >= 4 is 34.8 Å². The zero-order valence-corrected chi connectivity index (χ0v) is 14.7. The maximum Gasteiger partial charge on any atom is 0.248 e. The number of rotatable bonds is 7. The summed E-state index contributed by atoms with van der Waals surface area (Å²) < 4.78 is 4.92. The molecule has 0 bridgehead atoms. The van der Waals surface area contributed by atoms with E-state index in [1.807, 2.05) is 13.0 Å².